The van der Waals surface area contributed by atoms with E-state index in [0.717, 1.165) is 28.5 Å². The molecule has 7 nitrogen and oxygen atoms in total. The number of carbonyl (C=O) groups excluding carboxylic acids is 1. The van der Waals surface area contributed by atoms with Crippen molar-refractivity contribution in [1.29, 1.82) is 0 Å². The average Bonchev–Trinajstić information content (AvgIpc) is 2.78. The number of likely N-dealkylation sites (N-methyl/N-ethyl adjacent to an activating group) is 1. The number of nitrogens with one attached hydrogen (secondary N) is 1. The van der Waals surface area contributed by atoms with Gasteiger partial charge in [-0.1, -0.05) is 29.8 Å². The van der Waals surface area contributed by atoms with Crippen molar-refractivity contribution in [3.05, 3.63) is 69.9 Å². The van der Waals surface area contributed by atoms with E-state index < -0.39 is 11.8 Å². The molecule has 0 bridgehead atoms. The Hall–Kier alpha value is -3.19. The van der Waals surface area contributed by atoms with E-state index in [1.807, 2.05) is 36.4 Å². The first-order valence-electron chi connectivity index (χ1n) is 7.99. The van der Waals surface area contributed by atoms with Crippen LogP contribution in [0.5, 0.6) is 0 Å². The van der Waals surface area contributed by atoms with Gasteiger partial charge in [0.25, 0.3) is 0 Å². The molecule has 0 amide bonds. The summed E-state index contributed by atoms with van der Waals surface area (Å²) in [5.41, 5.74) is 2.92. The highest BCUT2D eigenvalue weighted by atomic mass is 35.5. The quantitative estimate of drug-likeness (QED) is 0.468. The number of hydroxylamine groups is 1. The third kappa shape index (κ3) is 5.15. The lowest BCUT2D eigenvalue weighted by Crippen LogP contribution is -2.29. The van der Waals surface area contributed by atoms with Crippen molar-refractivity contribution >= 4 is 40.6 Å². The second-order valence-corrected chi connectivity index (χ2v) is 6.02. The molecule has 0 unspecified atom stereocenters. The van der Waals surface area contributed by atoms with E-state index in [2.05, 4.69) is 10.3 Å². The number of nitrogens with zero attached hydrogens (tertiary/aromatic N) is 2. The van der Waals surface area contributed by atoms with Gasteiger partial charge in [0.15, 0.2) is 5.84 Å². The molecule has 0 spiro atoms. The topological polar surface area (TPSA) is 105 Å². The largest absolute Gasteiger partial charge is 0.623 e. The SMILES string of the molecule is CC(=O)C(=O)O.CNC1=Nc2ccc(Cl)cc2C(c2ccccc2)=[N+]([O-])C1. The molecule has 0 aliphatic carbocycles. The first-order chi connectivity index (χ1) is 12.8. The number of benzene rings is 2. The molecule has 140 valence electrons. The van der Waals surface area contributed by atoms with Crippen molar-refractivity contribution in [1.82, 2.24) is 5.32 Å². The number of halogens is 1. The lowest BCUT2D eigenvalue weighted by molar-refractivity contribution is -0.439. The number of aliphatic carboxylic acids is 1. The summed E-state index contributed by atoms with van der Waals surface area (Å²) in [5, 5.41) is 23.8. The Morgan fingerprint density at radius 2 is 1.85 bits per heavy atom. The minimum atomic E-state index is -1.38. The zero-order chi connectivity index (χ0) is 20.0. The van der Waals surface area contributed by atoms with Crippen molar-refractivity contribution in [2.45, 2.75) is 6.92 Å². The molecule has 3 rings (SSSR count). The fraction of sp³-hybridized carbons (Fsp3) is 0.158. The molecule has 0 aromatic heterocycles. The maximum Gasteiger partial charge on any atom is 0.371 e. The van der Waals surface area contributed by atoms with Crippen LogP contribution in [0.25, 0.3) is 0 Å². The number of aliphatic imine (C=N–C) groups is 1. The van der Waals surface area contributed by atoms with E-state index in [9.17, 15) is 14.8 Å². The molecular weight excluding hydrogens is 370 g/mol. The molecule has 0 saturated heterocycles. The Bertz CT molecular complexity index is 912. The molecule has 8 heteroatoms. The van der Waals surface area contributed by atoms with Gasteiger partial charge in [-0.05, 0) is 30.3 Å². The summed E-state index contributed by atoms with van der Waals surface area (Å²) >= 11 is 6.10. The van der Waals surface area contributed by atoms with Crippen molar-refractivity contribution in [2.24, 2.45) is 4.99 Å². The average molecular weight is 388 g/mol. The maximum absolute atomic E-state index is 12.6. The molecule has 2 N–H and O–H groups in total. The van der Waals surface area contributed by atoms with Crippen LogP contribution in [0, 0.1) is 5.21 Å². The van der Waals surface area contributed by atoms with Crippen LogP contribution in [0.15, 0.2) is 53.5 Å². The number of amidine groups is 1. The van der Waals surface area contributed by atoms with E-state index >= 15 is 0 Å². The first kappa shape index (κ1) is 20.1. The van der Waals surface area contributed by atoms with E-state index in [1.54, 1.807) is 19.2 Å². The van der Waals surface area contributed by atoms with Gasteiger partial charge in [0.1, 0.15) is 0 Å². The fourth-order valence-corrected chi connectivity index (χ4v) is 2.53. The van der Waals surface area contributed by atoms with Crippen LogP contribution in [-0.4, -0.2) is 46.7 Å². The van der Waals surface area contributed by atoms with Crippen LogP contribution in [0.1, 0.15) is 18.1 Å². The third-order valence-electron chi connectivity index (χ3n) is 3.65. The van der Waals surface area contributed by atoms with Gasteiger partial charge in [-0.25, -0.2) is 9.79 Å². The van der Waals surface area contributed by atoms with E-state index in [-0.39, 0.29) is 6.54 Å². The first-order valence-corrected chi connectivity index (χ1v) is 8.37. The van der Waals surface area contributed by atoms with E-state index in [1.165, 1.54) is 0 Å². The van der Waals surface area contributed by atoms with Crippen molar-refractivity contribution < 1.29 is 19.4 Å². The highest BCUT2D eigenvalue weighted by Gasteiger charge is 2.24. The van der Waals surface area contributed by atoms with E-state index in [4.69, 9.17) is 16.7 Å². The minimum absolute atomic E-state index is 0.174. The molecule has 0 saturated carbocycles. The molecule has 2 aromatic carbocycles. The van der Waals surface area contributed by atoms with Crippen LogP contribution in [-0.2, 0) is 9.59 Å². The van der Waals surface area contributed by atoms with Gasteiger partial charge in [0.05, 0.1) is 11.3 Å². The van der Waals surface area contributed by atoms with Crippen LogP contribution in [0.3, 0.4) is 0 Å². The van der Waals surface area contributed by atoms with Crippen molar-refractivity contribution in [3.63, 3.8) is 0 Å². The lowest BCUT2D eigenvalue weighted by atomic mass is 10.0. The summed E-state index contributed by atoms with van der Waals surface area (Å²) in [6.45, 7) is 1.18. The monoisotopic (exact) mass is 387 g/mol. The summed E-state index contributed by atoms with van der Waals surface area (Å²) < 4.78 is 0.951. The van der Waals surface area contributed by atoms with Crippen LogP contribution >= 0.6 is 11.6 Å². The molecule has 2 aromatic rings. The molecular formula is C19H18ClN3O4. The molecule has 27 heavy (non-hydrogen) atoms. The predicted octanol–water partition coefficient (Wildman–Crippen LogP) is 2.61. The normalized spacial score (nSPS) is 12.8. The summed E-state index contributed by atoms with van der Waals surface area (Å²) in [6.07, 6.45) is 0. The zero-order valence-corrected chi connectivity index (χ0v) is 15.5. The van der Waals surface area contributed by atoms with Crippen LogP contribution < -0.4 is 5.32 Å². The summed E-state index contributed by atoms with van der Waals surface area (Å²) in [5.74, 6) is -1.58. The number of carbonyl (C=O) groups is 2. The number of ketones is 1. The fourth-order valence-electron chi connectivity index (χ4n) is 2.36. The molecule has 1 aliphatic rings. The summed E-state index contributed by atoms with van der Waals surface area (Å²) in [4.78, 5) is 23.4. The standard InChI is InChI=1S/C16H14ClN3O.C3H4O3/c1-18-15-10-20(21)16(11-5-3-2-4-6-11)13-9-12(17)7-8-14(13)19-15;1-2(4)3(5)6/h2-9H,10H2,1H3,(H,18,19);1H3,(H,5,6). The number of hydrogen-bond donors (Lipinski definition) is 2. The van der Waals surface area contributed by atoms with Gasteiger partial charge in [-0.15, -0.1) is 0 Å². The van der Waals surface area contributed by atoms with Gasteiger partial charge in [-0.2, -0.15) is 4.74 Å². The Morgan fingerprint density at radius 1 is 1.22 bits per heavy atom. The summed E-state index contributed by atoms with van der Waals surface area (Å²) in [7, 11) is 1.76. The lowest BCUT2D eigenvalue weighted by Gasteiger charge is -2.10. The summed E-state index contributed by atoms with van der Waals surface area (Å²) in [6, 6.07) is 15.0. The Morgan fingerprint density at radius 3 is 2.41 bits per heavy atom. The Labute approximate surface area is 161 Å². The van der Waals surface area contributed by atoms with Crippen LogP contribution in [0.4, 0.5) is 5.69 Å². The van der Waals surface area contributed by atoms with Gasteiger partial charge in [0.2, 0.25) is 18.0 Å². The molecule has 1 heterocycles. The van der Waals surface area contributed by atoms with Crippen molar-refractivity contribution in [2.75, 3.05) is 13.6 Å². The maximum atomic E-state index is 12.6. The zero-order valence-electron chi connectivity index (χ0n) is 14.8. The number of carboxylic acid groups (broad SMARTS) is 1. The highest BCUT2D eigenvalue weighted by Crippen LogP contribution is 2.27. The van der Waals surface area contributed by atoms with Gasteiger partial charge >= 0.3 is 5.97 Å². The second-order valence-electron chi connectivity index (χ2n) is 5.58. The van der Waals surface area contributed by atoms with Gasteiger partial charge in [0, 0.05) is 24.6 Å². The smallest absolute Gasteiger partial charge is 0.371 e. The number of rotatable bonds is 2. The van der Waals surface area contributed by atoms with Gasteiger partial charge in [-0.3, -0.25) is 4.79 Å². The Balaban J connectivity index is 0.000000380. The number of hydrogen-bond acceptors (Lipinski definition) is 5. The predicted molar refractivity (Wildman–Crippen MR) is 104 cm³/mol. The van der Waals surface area contributed by atoms with Gasteiger partial charge < -0.3 is 15.6 Å². The van der Waals surface area contributed by atoms with Crippen LogP contribution in [0.2, 0.25) is 5.02 Å². The van der Waals surface area contributed by atoms with Crippen molar-refractivity contribution in [3.8, 4) is 0 Å². The Kier molecular flexibility index (Phi) is 6.67. The molecule has 1 aliphatic heterocycles. The second kappa shape index (κ2) is 8.95. The number of Topliss-reactive ketones (excluding diaryl/α,β-unsaturated/α-hetero) is 1. The molecule has 0 radical (unpaired) electrons. The number of fused-ring (bicyclic) bond motifs is 1. The highest BCUT2D eigenvalue weighted by molar-refractivity contribution is 6.31. The minimum Gasteiger partial charge on any atom is -0.623 e. The molecule has 0 fully saturated rings. The number of carboxylic acids is 1. The van der Waals surface area contributed by atoms with E-state index in [0.29, 0.717) is 16.6 Å². The molecule has 0 atom stereocenters. The third-order valence-corrected chi connectivity index (χ3v) is 3.88.